The first-order valence-corrected chi connectivity index (χ1v) is 11.1. The summed E-state index contributed by atoms with van der Waals surface area (Å²) in [7, 11) is 0. The third kappa shape index (κ3) is 5.51. The van der Waals surface area contributed by atoms with Crippen LogP contribution in [0, 0.1) is 6.92 Å². The number of aryl methyl sites for hydroxylation is 1. The number of benzene rings is 2. The molecule has 0 radical (unpaired) electrons. The van der Waals surface area contributed by atoms with E-state index in [-0.39, 0.29) is 17.9 Å². The van der Waals surface area contributed by atoms with Gasteiger partial charge in [-0.3, -0.25) is 14.5 Å². The molecule has 0 aliphatic carbocycles. The molecule has 1 N–H and O–H groups in total. The Labute approximate surface area is 184 Å². The second kappa shape index (κ2) is 10.1. The van der Waals surface area contributed by atoms with Gasteiger partial charge in [-0.15, -0.1) is 0 Å². The van der Waals surface area contributed by atoms with E-state index < -0.39 is 0 Å². The molecule has 2 fully saturated rings. The van der Waals surface area contributed by atoms with Crippen molar-refractivity contribution in [2.24, 2.45) is 0 Å². The Morgan fingerprint density at radius 2 is 1.74 bits per heavy atom. The van der Waals surface area contributed by atoms with E-state index in [0.717, 1.165) is 44.8 Å². The number of amides is 2. The molecule has 2 amide bonds. The van der Waals surface area contributed by atoms with Gasteiger partial charge in [-0.2, -0.15) is 0 Å². The van der Waals surface area contributed by atoms with E-state index >= 15 is 0 Å². The molecule has 0 spiro atoms. The lowest BCUT2D eigenvalue weighted by atomic mass is 10.0. The summed E-state index contributed by atoms with van der Waals surface area (Å²) in [5.74, 6) is 0.140. The van der Waals surface area contributed by atoms with Crippen LogP contribution < -0.4 is 5.32 Å². The van der Waals surface area contributed by atoms with E-state index in [1.807, 2.05) is 29.2 Å². The Hall–Kier alpha value is -2.70. The van der Waals surface area contributed by atoms with Crippen molar-refractivity contribution in [3.8, 4) is 0 Å². The minimum absolute atomic E-state index is 0.0748. The zero-order valence-electron chi connectivity index (χ0n) is 18.2. The number of likely N-dealkylation sites (tertiary alicyclic amines) is 1. The molecule has 6 heteroatoms. The standard InChI is InChI=1S/C25H31N3O3/c1-19-4-8-21(9-5-19)23(27-13-15-31-16-14-27)17-26-25(30)22-10-6-20(7-11-22)18-28-12-2-3-24(28)29/h4-11,23H,2-3,12-18H2,1H3,(H,26,30). The van der Waals surface area contributed by atoms with Crippen molar-refractivity contribution in [1.29, 1.82) is 0 Å². The Kier molecular flexibility index (Phi) is 6.99. The summed E-state index contributed by atoms with van der Waals surface area (Å²) in [6.07, 6.45) is 1.58. The van der Waals surface area contributed by atoms with Crippen LogP contribution in [0.5, 0.6) is 0 Å². The zero-order chi connectivity index (χ0) is 21.6. The highest BCUT2D eigenvalue weighted by Gasteiger charge is 2.24. The third-order valence-electron chi connectivity index (χ3n) is 6.17. The molecule has 1 atom stereocenters. The van der Waals surface area contributed by atoms with Crippen LogP contribution in [0.3, 0.4) is 0 Å². The van der Waals surface area contributed by atoms with Crippen molar-refractivity contribution in [1.82, 2.24) is 15.1 Å². The van der Waals surface area contributed by atoms with Crippen molar-refractivity contribution in [3.05, 3.63) is 70.8 Å². The van der Waals surface area contributed by atoms with Gasteiger partial charge in [0, 0.05) is 44.7 Å². The molecule has 6 nitrogen and oxygen atoms in total. The molecule has 0 aromatic heterocycles. The number of ether oxygens (including phenoxy) is 1. The highest BCUT2D eigenvalue weighted by molar-refractivity contribution is 5.94. The lowest BCUT2D eigenvalue weighted by molar-refractivity contribution is -0.128. The summed E-state index contributed by atoms with van der Waals surface area (Å²) in [6, 6.07) is 16.2. The van der Waals surface area contributed by atoms with Crippen molar-refractivity contribution < 1.29 is 14.3 Å². The first-order valence-electron chi connectivity index (χ1n) is 11.1. The molecule has 2 aromatic carbocycles. The summed E-state index contributed by atoms with van der Waals surface area (Å²) in [4.78, 5) is 28.9. The van der Waals surface area contributed by atoms with Gasteiger partial charge in [-0.25, -0.2) is 0 Å². The Bertz CT molecular complexity index is 889. The number of rotatable bonds is 7. The molecule has 4 rings (SSSR count). The van der Waals surface area contributed by atoms with Crippen LogP contribution >= 0.6 is 0 Å². The predicted molar refractivity (Wildman–Crippen MR) is 120 cm³/mol. The minimum atomic E-state index is -0.0748. The van der Waals surface area contributed by atoms with Gasteiger partial charge in [0.1, 0.15) is 0 Å². The van der Waals surface area contributed by atoms with Crippen LogP contribution in [0.2, 0.25) is 0 Å². The number of hydrogen-bond donors (Lipinski definition) is 1. The molecule has 2 heterocycles. The van der Waals surface area contributed by atoms with E-state index in [2.05, 4.69) is 41.4 Å². The first-order chi connectivity index (χ1) is 15.1. The predicted octanol–water partition coefficient (Wildman–Crippen LogP) is 2.92. The fraction of sp³-hybridized carbons (Fsp3) is 0.440. The number of carbonyl (C=O) groups excluding carboxylic acids is 2. The van der Waals surface area contributed by atoms with Gasteiger partial charge in [0.25, 0.3) is 5.91 Å². The maximum absolute atomic E-state index is 12.8. The number of nitrogens with one attached hydrogen (secondary N) is 1. The molecule has 31 heavy (non-hydrogen) atoms. The van der Waals surface area contributed by atoms with Gasteiger partial charge < -0.3 is 15.0 Å². The van der Waals surface area contributed by atoms with Crippen LogP contribution in [-0.2, 0) is 16.1 Å². The van der Waals surface area contributed by atoms with Gasteiger partial charge in [0.05, 0.1) is 19.3 Å². The molecule has 2 aliphatic rings. The van der Waals surface area contributed by atoms with Crippen molar-refractivity contribution in [3.63, 3.8) is 0 Å². The Balaban J connectivity index is 1.38. The van der Waals surface area contributed by atoms with Gasteiger partial charge in [-0.1, -0.05) is 42.0 Å². The molecule has 1 unspecified atom stereocenters. The summed E-state index contributed by atoms with van der Waals surface area (Å²) < 4.78 is 5.51. The van der Waals surface area contributed by atoms with E-state index in [1.165, 1.54) is 11.1 Å². The summed E-state index contributed by atoms with van der Waals surface area (Å²) in [5.41, 5.74) is 4.13. The largest absolute Gasteiger partial charge is 0.379 e. The molecular formula is C25H31N3O3. The molecule has 2 saturated heterocycles. The van der Waals surface area contributed by atoms with E-state index in [9.17, 15) is 9.59 Å². The number of carbonyl (C=O) groups is 2. The number of hydrogen-bond acceptors (Lipinski definition) is 4. The normalized spacial score (nSPS) is 18.2. The number of nitrogens with zero attached hydrogens (tertiary/aromatic N) is 2. The van der Waals surface area contributed by atoms with Crippen molar-refractivity contribution in [2.75, 3.05) is 39.4 Å². The summed E-state index contributed by atoms with van der Waals surface area (Å²) in [5, 5.41) is 3.12. The average Bonchev–Trinajstić information content (AvgIpc) is 3.20. The summed E-state index contributed by atoms with van der Waals surface area (Å²) in [6.45, 7) is 7.23. The van der Waals surface area contributed by atoms with Crippen molar-refractivity contribution in [2.45, 2.75) is 32.4 Å². The smallest absolute Gasteiger partial charge is 0.251 e. The topological polar surface area (TPSA) is 61.9 Å². The first kappa shape index (κ1) is 21.5. The quantitative estimate of drug-likeness (QED) is 0.747. The molecule has 0 saturated carbocycles. The van der Waals surface area contributed by atoms with Gasteiger partial charge in [-0.05, 0) is 36.6 Å². The van der Waals surface area contributed by atoms with E-state index in [4.69, 9.17) is 4.74 Å². The SMILES string of the molecule is Cc1ccc(C(CNC(=O)c2ccc(CN3CCCC3=O)cc2)N2CCOCC2)cc1. The third-order valence-corrected chi connectivity index (χ3v) is 6.17. The molecule has 2 aromatic rings. The van der Waals surface area contributed by atoms with Crippen LogP contribution in [0.4, 0.5) is 0 Å². The second-order valence-electron chi connectivity index (χ2n) is 8.40. The van der Waals surface area contributed by atoms with Crippen LogP contribution in [0.1, 0.15) is 45.9 Å². The van der Waals surface area contributed by atoms with E-state index in [0.29, 0.717) is 25.1 Å². The fourth-order valence-corrected chi connectivity index (χ4v) is 4.28. The van der Waals surface area contributed by atoms with E-state index in [1.54, 1.807) is 0 Å². The fourth-order valence-electron chi connectivity index (χ4n) is 4.28. The monoisotopic (exact) mass is 421 g/mol. The summed E-state index contributed by atoms with van der Waals surface area (Å²) >= 11 is 0. The maximum atomic E-state index is 12.8. The highest BCUT2D eigenvalue weighted by Crippen LogP contribution is 2.22. The molecule has 0 bridgehead atoms. The Morgan fingerprint density at radius 1 is 1.03 bits per heavy atom. The number of morpholine rings is 1. The zero-order valence-corrected chi connectivity index (χ0v) is 18.2. The van der Waals surface area contributed by atoms with Crippen LogP contribution in [-0.4, -0.2) is 61.0 Å². The van der Waals surface area contributed by atoms with Gasteiger partial charge in [0.2, 0.25) is 5.91 Å². The van der Waals surface area contributed by atoms with Crippen LogP contribution in [0.25, 0.3) is 0 Å². The Morgan fingerprint density at radius 3 is 2.39 bits per heavy atom. The molecule has 164 valence electrons. The minimum Gasteiger partial charge on any atom is -0.379 e. The molecular weight excluding hydrogens is 390 g/mol. The molecule has 2 aliphatic heterocycles. The lowest BCUT2D eigenvalue weighted by Gasteiger charge is -2.35. The lowest BCUT2D eigenvalue weighted by Crippen LogP contribution is -2.43. The van der Waals surface area contributed by atoms with Crippen molar-refractivity contribution >= 4 is 11.8 Å². The van der Waals surface area contributed by atoms with Gasteiger partial charge >= 0.3 is 0 Å². The second-order valence-corrected chi connectivity index (χ2v) is 8.40. The average molecular weight is 422 g/mol. The van der Waals surface area contributed by atoms with Crippen LogP contribution in [0.15, 0.2) is 48.5 Å². The van der Waals surface area contributed by atoms with Gasteiger partial charge in [0.15, 0.2) is 0 Å². The maximum Gasteiger partial charge on any atom is 0.251 e. The highest BCUT2D eigenvalue weighted by atomic mass is 16.5.